The molecule has 0 aliphatic carbocycles. The minimum Gasteiger partial charge on any atom is -0.478 e. The van der Waals surface area contributed by atoms with Crippen molar-refractivity contribution in [1.82, 2.24) is 0 Å². The maximum absolute atomic E-state index is 10.8. The molecule has 0 aliphatic rings. The van der Waals surface area contributed by atoms with Crippen molar-refractivity contribution in [3.8, 4) is 0 Å². The van der Waals surface area contributed by atoms with Crippen molar-refractivity contribution in [2.24, 2.45) is 0 Å². The number of carbonyl (C=O) groups is 1. The zero-order valence-corrected chi connectivity index (χ0v) is 11.5. The van der Waals surface area contributed by atoms with Gasteiger partial charge in [-0.3, -0.25) is 0 Å². The minimum atomic E-state index is -0.908. The predicted octanol–water partition coefficient (Wildman–Crippen LogP) is 1.87. The van der Waals surface area contributed by atoms with E-state index in [2.05, 4.69) is 4.90 Å². The van der Waals surface area contributed by atoms with Crippen LogP contribution in [-0.4, -0.2) is 51.6 Å². The molecule has 0 bridgehead atoms. The maximum Gasteiger partial charge on any atom is 0.335 e. The molecular weight excluding hydrogens is 246 g/mol. The number of rotatable bonds is 9. The van der Waals surface area contributed by atoms with Gasteiger partial charge in [0.2, 0.25) is 0 Å². The van der Waals surface area contributed by atoms with Gasteiger partial charge in [-0.1, -0.05) is 0 Å². The van der Waals surface area contributed by atoms with E-state index in [9.17, 15) is 4.79 Å². The van der Waals surface area contributed by atoms with Crippen LogP contribution in [0.25, 0.3) is 0 Å². The zero-order valence-electron chi connectivity index (χ0n) is 11.5. The summed E-state index contributed by atoms with van der Waals surface area (Å²) in [7, 11) is 3.35. The summed E-state index contributed by atoms with van der Waals surface area (Å²) in [6.45, 7) is 2.96. The summed E-state index contributed by atoms with van der Waals surface area (Å²) in [6, 6.07) is 6.89. The molecule has 0 atom stereocenters. The third kappa shape index (κ3) is 5.28. The summed E-state index contributed by atoms with van der Waals surface area (Å²) < 4.78 is 10.1. The highest BCUT2D eigenvalue weighted by Gasteiger charge is 2.08. The lowest BCUT2D eigenvalue weighted by Gasteiger charge is -2.24. The fraction of sp³-hybridized carbons (Fsp3) is 0.500. The Kier molecular flexibility index (Phi) is 6.92. The maximum atomic E-state index is 10.8. The van der Waals surface area contributed by atoms with Crippen LogP contribution in [0.2, 0.25) is 0 Å². The minimum absolute atomic E-state index is 0.298. The van der Waals surface area contributed by atoms with Crippen LogP contribution in [0.5, 0.6) is 0 Å². The highest BCUT2D eigenvalue weighted by Crippen LogP contribution is 2.15. The van der Waals surface area contributed by atoms with E-state index in [1.165, 1.54) is 0 Å². The summed E-state index contributed by atoms with van der Waals surface area (Å²) in [6.07, 6.45) is 0.918. The van der Waals surface area contributed by atoms with Gasteiger partial charge in [0.25, 0.3) is 0 Å². The van der Waals surface area contributed by atoms with Crippen LogP contribution in [0.3, 0.4) is 0 Å². The van der Waals surface area contributed by atoms with E-state index in [1.807, 2.05) is 12.1 Å². The van der Waals surface area contributed by atoms with Gasteiger partial charge in [0, 0.05) is 39.6 Å². The van der Waals surface area contributed by atoms with E-state index >= 15 is 0 Å². The molecule has 5 nitrogen and oxygen atoms in total. The van der Waals surface area contributed by atoms with Gasteiger partial charge < -0.3 is 19.5 Å². The Balaban J connectivity index is 2.68. The monoisotopic (exact) mass is 267 g/mol. The molecule has 1 N–H and O–H groups in total. The molecule has 1 aromatic carbocycles. The van der Waals surface area contributed by atoms with Gasteiger partial charge in [-0.05, 0) is 30.7 Å². The van der Waals surface area contributed by atoms with Crippen LogP contribution in [0, 0.1) is 0 Å². The Morgan fingerprint density at radius 2 is 1.74 bits per heavy atom. The first-order valence-electron chi connectivity index (χ1n) is 6.25. The van der Waals surface area contributed by atoms with Gasteiger partial charge in [0.1, 0.15) is 0 Å². The smallest absolute Gasteiger partial charge is 0.335 e. The summed E-state index contributed by atoms with van der Waals surface area (Å²) in [5.74, 6) is -0.908. The molecule has 0 fully saturated rings. The second kappa shape index (κ2) is 8.50. The Morgan fingerprint density at radius 1 is 1.11 bits per heavy atom. The average molecular weight is 267 g/mol. The second-order valence-electron chi connectivity index (χ2n) is 4.18. The Bertz CT molecular complexity index is 378. The van der Waals surface area contributed by atoms with Gasteiger partial charge >= 0.3 is 5.97 Å². The van der Waals surface area contributed by atoms with Crippen LogP contribution in [0.1, 0.15) is 16.8 Å². The summed E-state index contributed by atoms with van der Waals surface area (Å²) in [5.41, 5.74) is 1.30. The summed E-state index contributed by atoms with van der Waals surface area (Å²) >= 11 is 0. The van der Waals surface area contributed by atoms with E-state index in [0.29, 0.717) is 18.8 Å². The average Bonchev–Trinajstić information content (AvgIpc) is 2.43. The number of benzene rings is 1. The SMILES string of the molecule is COCCCN(CCOC)c1ccc(C(=O)O)cc1. The molecule has 5 heteroatoms. The molecule has 0 aromatic heterocycles. The number of hydrogen-bond acceptors (Lipinski definition) is 4. The van der Waals surface area contributed by atoms with E-state index < -0.39 is 5.97 Å². The molecule has 19 heavy (non-hydrogen) atoms. The molecule has 0 heterocycles. The van der Waals surface area contributed by atoms with Crippen molar-refractivity contribution in [3.05, 3.63) is 29.8 Å². The molecule has 0 amide bonds. The molecule has 1 rings (SSSR count). The largest absolute Gasteiger partial charge is 0.478 e. The number of hydrogen-bond donors (Lipinski definition) is 1. The lowest BCUT2D eigenvalue weighted by molar-refractivity contribution is 0.0697. The van der Waals surface area contributed by atoms with Crippen molar-refractivity contribution >= 4 is 11.7 Å². The topological polar surface area (TPSA) is 59.0 Å². The molecule has 0 spiro atoms. The predicted molar refractivity (Wildman–Crippen MR) is 74.0 cm³/mol. The zero-order chi connectivity index (χ0) is 14.1. The standard InChI is InChI=1S/C14H21NO4/c1-18-10-3-8-15(9-11-19-2)13-6-4-12(5-7-13)14(16)17/h4-7H,3,8-11H2,1-2H3,(H,16,17). The third-order valence-corrected chi connectivity index (χ3v) is 2.82. The Morgan fingerprint density at radius 3 is 2.26 bits per heavy atom. The molecular formula is C14H21NO4. The molecule has 1 aromatic rings. The molecule has 0 saturated heterocycles. The van der Waals surface area contributed by atoms with Crippen molar-refractivity contribution < 1.29 is 19.4 Å². The lowest BCUT2D eigenvalue weighted by Crippen LogP contribution is -2.29. The molecule has 106 valence electrons. The summed E-state index contributed by atoms with van der Waals surface area (Å²) in [5, 5.41) is 8.88. The molecule has 0 radical (unpaired) electrons. The third-order valence-electron chi connectivity index (χ3n) is 2.82. The van der Waals surface area contributed by atoms with Crippen molar-refractivity contribution in [2.75, 3.05) is 45.4 Å². The molecule has 0 saturated carbocycles. The quantitative estimate of drug-likeness (QED) is 0.692. The van der Waals surface area contributed by atoms with E-state index in [-0.39, 0.29) is 0 Å². The van der Waals surface area contributed by atoms with Gasteiger partial charge in [0.05, 0.1) is 12.2 Å². The van der Waals surface area contributed by atoms with Gasteiger partial charge in [-0.25, -0.2) is 4.79 Å². The molecule has 0 aliphatic heterocycles. The number of carboxylic acid groups (broad SMARTS) is 1. The number of ether oxygens (including phenoxy) is 2. The number of anilines is 1. The van der Waals surface area contributed by atoms with E-state index in [0.717, 1.165) is 25.2 Å². The van der Waals surface area contributed by atoms with Crippen LogP contribution in [0.15, 0.2) is 24.3 Å². The highest BCUT2D eigenvalue weighted by molar-refractivity contribution is 5.88. The number of carboxylic acids is 1. The second-order valence-corrected chi connectivity index (χ2v) is 4.18. The fourth-order valence-electron chi connectivity index (χ4n) is 1.79. The first kappa shape index (κ1) is 15.5. The normalized spacial score (nSPS) is 10.4. The van der Waals surface area contributed by atoms with Crippen molar-refractivity contribution in [1.29, 1.82) is 0 Å². The van der Waals surface area contributed by atoms with Gasteiger partial charge in [-0.15, -0.1) is 0 Å². The van der Waals surface area contributed by atoms with Crippen LogP contribution >= 0.6 is 0 Å². The van der Waals surface area contributed by atoms with Crippen LogP contribution in [0.4, 0.5) is 5.69 Å². The van der Waals surface area contributed by atoms with Crippen LogP contribution in [-0.2, 0) is 9.47 Å². The summed E-state index contributed by atoms with van der Waals surface area (Å²) in [4.78, 5) is 13.0. The molecule has 0 unspecified atom stereocenters. The van der Waals surface area contributed by atoms with Crippen molar-refractivity contribution in [3.63, 3.8) is 0 Å². The number of aromatic carboxylic acids is 1. The van der Waals surface area contributed by atoms with E-state index in [1.54, 1.807) is 26.4 Å². The first-order chi connectivity index (χ1) is 9.19. The fourth-order valence-corrected chi connectivity index (χ4v) is 1.79. The first-order valence-corrected chi connectivity index (χ1v) is 6.25. The number of nitrogens with zero attached hydrogens (tertiary/aromatic N) is 1. The van der Waals surface area contributed by atoms with Crippen LogP contribution < -0.4 is 4.90 Å². The van der Waals surface area contributed by atoms with Gasteiger partial charge in [0.15, 0.2) is 0 Å². The Hall–Kier alpha value is -1.59. The van der Waals surface area contributed by atoms with Gasteiger partial charge in [-0.2, -0.15) is 0 Å². The van der Waals surface area contributed by atoms with Crippen molar-refractivity contribution in [2.45, 2.75) is 6.42 Å². The lowest BCUT2D eigenvalue weighted by atomic mass is 10.2. The number of methoxy groups -OCH3 is 2. The highest BCUT2D eigenvalue weighted by atomic mass is 16.5. The Labute approximate surface area is 113 Å². The van der Waals surface area contributed by atoms with E-state index in [4.69, 9.17) is 14.6 Å².